The van der Waals surface area contributed by atoms with Gasteiger partial charge in [0.25, 0.3) is 0 Å². The second-order valence-electron chi connectivity index (χ2n) is 5.05. The molecule has 1 unspecified atom stereocenters. The molecule has 1 aliphatic heterocycles. The maximum Gasteiger partial charge on any atom is 0.324 e. The number of carbonyl (C=O) groups excluding carboxylic acids is 1. The van der Waals surface area contributed by atoms with Crippen LogP contribution >= 0.6 is 0 Å². The summed E-state index contributed by atoms with van der Waals surface area (Å²) in [6, 6.07) is -0.261. The largest absolute Gasteiger partial charge is 0.468 e. The normalized spacial score (nSPS) is 24.6. The van der Waals surface area contributed by atoms with Gasteiger partial charge in [0, 0.05) is 39.3 Å². The lowest BCUT2D eigenvalue weighted by atomic mass is 10.2. The maximum absolute atomic E-state index is 11.6. The number of carbonyl (C=O) groups is 1. The Kier molecular flexibility index (Phi) is 4.36. The van der Waals surface area contributed by atoms with Crippen LogP contribution in [0, 0.1) is 5.92 Å². The van der Waals surface area contributed by atoms with Crippen molar-refractivity contribution in [3.8, 4) is 0 Å². The Labute approximate surface area is 103 Å². The number of hydrogen-bond donors (Lipinski definition) is 1. The van der Waals surface area contributed by atoms with Crippen molar-refractivity contribution in [3.63, 3.8) is 0 Å². The number of nitrogens with two attached hydrogens (primary N) is 1. The summed E-state index contributed by atoms with van der Waals surface area (Å²) < 4.78 is 4.78. The highest BCUT2D eigenvalue weighted by Gasteiger charge is 2.30. The minimum absolute atomic E-state index is 0.205. The summed E-state index contributed by atoms with van der Waals surface area (Å²) in [5, 5.41) is 0. The lowest BCUT2D eigenvalue weighted by molar-refractivity contribution is -0.147. The van der Waals surface area contributed by atoms with Crippen molar-refractivity contribution in [2.75, 3.05) is 46.4 Å². The van der Waals surface area contributed by atoms with Gasteiger partial charge in [-0.05, 0) is 18.8 Å². The second kappa shape index (κ2) is 5.80. The van der Waals surface area contributed by atoms with Crippen LogP contribution in [-0.4, -0.2) is 68.2 Å². The van der Waals surface area contributed by atoms with E-state index in [4.69, 9.17) is 10.5 Å². The molecule has 0 aromatic rings. The Bertz CT molecular complexity index is 260. The number of hydrogen-bond acceptors (Lipinski definition) is 5. The average molecular weight is 241 g/mol. The smallest absolute Gasteiger partial charge is 0.324 e. The van der Waals surface area contributed by atoms with Crippen LogP contribution in [0.5, 0.6) is 0 Å². The molecule has 0 aromatic carbocycles. The minimum atomic E-state index is -0.261. The van der Waals surface area contributed by atoms with Crippen molar-refractivity contribution in [3.05, 3.63) is 0 Å². The van der Waals surface area contributed by atoms with Gasteiger partial charge < -0.3 is 15.4 Å². The summed E-state index contributed by atoms with van der Waals surface area (Å²) in [4.78, 5) is 16.2. The van der Waals surface area contributed by atoms with Crippen LogP contribution in [0.4, 0.5) is 0 Å². The van der Waals surface area contributed by atoms with Crippen LogP contribution in [0.1, 0.15) is 12.8 Å². The first-order valence-electron chi connectivity index (χ1n) is 6.49. The molecule has 0 radical (unpaired) electrons. The Hall–Kier alpha value is -0.650. The minimum Gasteiger partial charge on any atom is -0.468 e. The molecule has 17 heavy (non-hydrogen) atoms. The van der Waals surface area contributed by atoms with Crippen molar-refractivity contribution < 1.29 is 9.53 Å². The first-order valence-corrected chi connectivity index (χ1v) is 6.49. The Morgan fingerprint density at radius 3 is 2.47 bits per heavy atom. The van der Waals surface area contributed by atoms with Crippen molar-refractivity contribution >= 4 is 5.97 Å². The summed E-state index contributed by atoms with van der Waals surface area (Å²) in [5.41, 5.74) is 5.65. The van der Waals surface area contributed by atoms with Gasteiger partial charge in [-0.1, -0.05) is 0 Å². The first-order chi connectivity index (χ1) is 8.24. The van der Waals surface area contributed by atoms with E-state index in [-0.39, 0.29) is 12.0 Å². The summed E-state index contributed by atoms with van der Waals surface area (Å²) in [6.07, 6.45) is 2.79. The zero-order chi connectivity index (χ0) is 12.3. The standard InChI is InChI=1S/C12H23N3O2/c1-17-12(16)11(8-13)15-6-4-14(5-7-15)9-10-2-3-10/h10-11H,2-9,13H2,1H3. The molecule has 0 bridgehead atoms. The van der Waals surface area contributed by atoms with Crippen LogP contribution < -0.4 is 5.73 Å². The topological polar surface area (TPSA) is 58.8 Å². The lowest BCUT2D eigenvalue weighted by Gasteiger charge is -2.37. The average Bonchev–Trinajstić information content (AvgIpc) is 3.16. The first kappa shape index (κ1) is 12.8. The highest BCUT2D eigenvalue weighted by Crippen LogP contribution is 2.29. The van der Waals surface area contributed by atoms with Gasteiger partial charge in [0.15, 0.2) is 0 Å². The Balaban J connectivity index is 1.77. The zero-order valence-corrected chi connectivity index (χ0v) is 10.6. The summed E-state index contributed by atoms with van der Waals surface area (Å²) in [7, 11) is 1.42. The molecular weight excluding hydrogens is 218 g/mol. The summed E-state index contributed by atoms with van der Waals surface area (Å²) in [5.74, 6) is 0.732. The van der Waals surface area contributed by atoms with Gasteiger partial charge in [0.05, 0.1) is 7.11 Å². The van der Waals surface area contributed by atoms with Gasteiger partial charge in [-0.2, -0.15) is 0 Å². The molecule has 2 N–H and O–H groups in total. The molecule has 5 heteroatoms. The van der Waals surface area contributed by atoms with Gasteiger partial charge in [0.2, 0.25) is 0 Å². The molecule has 0 spiro atoms. The number of rotatable bonds is 5. The molecule has 1 aliphatic carbocycles. The van der Waals surface area contributed by atoms with Gasteiger partial charge in [-0.25, -0.2) is 0 Å². The number of nitrogens with zero attached hydrogens (tertiary/aromatic N) is 2. The Morgan fingerprint density at radius 2 is 2.00 bits per heavy atom. The molecule has 1 saturated heterocycles. The second-order valence-corrected chi connectivity index (χ2v) is 5.05. The molecule has 0 amide bonds. The molecule has 2 fully saturated rings. The van der Waals surface area contributed by atoms with Crippen LogP contribution in [0.15, 0.2) is 0 Å². The summed E-state index contributed by atoms with van der Waals surface area (Å²) >= 11 is 0. The van der Waals surface area contributed by atoms with E-state index in [1.54, 1.807) is 0 Å². The molecule has 2 rings (SSSR count). The van der Waals surface area contributed by atoms with E-state index >= 15 is 0 Å². The molecule has 98 valence electrons. The monoisotopic (exact) mass is 241 g/mol. The van der Waals surface area contributed by atoms with Gasteiger partial charge >= 0.3 is 5.97 Å². The third-order valence-corrected chi connectivity index (χ3v) is 3.76. The predicted molar refractivity (Wildman–Crippen MR) is 65.6 cm³/mol. The third-order valence-electron chi connectivity index (χ3n) is 3.76. The van der Waals surface area contributed by atoms with E-state index < -0.39 is 0 Å². The molecular formula is C12H23N3O2. The summed E-state index contributed by atoms with van der Waals surface area (Å²) in [6.45, 7) is 5.51. The van der Waals surface area contributed by atoms with Crippen LogP contribution in [-0.2, 0) is 9.53 Å². The van der Waals surface area contributed by atoms with Crippen molar-refractivity contribution in [1.29, 1.82) is 0 Å². The van der Waals surface area contributed by atoms with Crippen molar-refractivity contribution in [1.82, 2.24) is 9.80 Å². The van der Waals surface area contributed by atoms with E-state index in [0.29, 0.717) is 6.54 Å². The highest BCUT2D eigenvalue weighted by atomic mass is 16.5. The number of esters is 1. The molecule has 0 aromatic heterocycles. The van der Waals surface area contributed by atoms with Crippen molar-refractivity contribution in [2.24, 2.45) is 11.7 Å². The van der Waals surface area contributed by atoms with Gasteiger partial charge in [0.1, 0.15) is 6.04 Å². The van der Waals surface area contributed by atoms with E-state index in [2.05, 4.69) is 9.80 Å². The molecule has 1 atom stereocenters. The van der Waals surface area contributed by atoms with E-state index in [1.165, 1.54) is 26.5 Å². The molecule has 2 aliphatic rings. The molecule has 1 saturated carbocycles. The Morgan fingerprint density at radius 1 is 1.35 bits per heavy atom. The van der Waals surface area contributed by atoms with E-state index in [1.807, 2.05) is 0 Å². The fourth-order valence-electron chi connectivity index (χ4n) is 2.45. The van der Waals surface area contributed by atoms with Crippen LogP contribution in [0.2, 0.25) is 0 Å². The predicted octanol–water partition coefficient (Wildman–Crippen LogP) is -0.486. The van der Waals surface area contributed by atoms with E-state index in [9.17, 15) is 4.79 Å². The maximum atomic E-state index is 11.6. The fourth-order valence-corrected chi connectivity index (χ4v) is 2.45. The van der Waals surface area contributed by atoms with Crippen LogP contribution in [0.3, 0.4) is 0 Å². The zero-order valence-electron chi connectivity index (χ0n) is 10.6. The van der Waals surface area contributed by atoms with Crippen molar-refractivity contribution in [2.45, 2.75) is 18.9 Å². The number of ether oxygens (including phenoxy) is 1. The van der Waals surface area contributed by atoms with Gasteiger partial charge in [-0.15, -0.1) is 0 Å². The van der Waals surface area contributed by atoms with Crippen LogP contribution in [0.25, 0.3) is 0 Å². The number of methoxy groups -OCH3 is 1. The van der Waals surface area contributed by atoms with E-state index in [0.717, 1.165) is 32.1 Å². The molecule has 1 heterocycles. The third kappa shape index (κ3) is 3.40. The molecule has 5 nitrogen and oxygen atoms in total. The number of piperazine rings is 1. The quantitative estimate of drug-likeness (QED) is 0.659. The van der Waals surface area contributed by atoms with Gasteiger partial charge in [-0.3, -0.25) is 9.69 Å². The lowest BCUT2D eigenvalue weighted by Crippen LogP contribution is -2.55. The fraction of sp³-hybridized carbons (Fsp3) is 0.917. The SMILES string of the molecule is COC(=O)C(CN)N1CCN(CC2CC2)CC1. The highest BCUT2D eigenvalue weighted by molar-refractivity contribution is 5.75.